The summed E-state index contributed by atoms with van der Waals surface area (Å²) in [5, 5.41) is 11.4. The highest BCUT2D eigenvalue weighted by molar-refractivity contribution is 5.80. The Labute approximate surface area is 86.9 Å². The smallest absolute Gasteiger partial charge is 0.273 e. The maximum atomic E-state index is 11.3. The van der Waals surface area contributed by atoms with E-state index in [4.69, 9.17) is 4.74 Å². The third kappa shape index (κ3) is 2.27. The number of ether oxygens (including phenoxy) is 1. The van der Waals surface area contributed by atoms with Crippen LogP contribution in [-0.2, 0) is 4.74 Å². The second kappa shape index (κ2) is 4.31. The van der Waals surface area contributed by atoms with Crippen molar-refractivity contribution in [3.05, 3.63) is 21.6 Å². The Morgan fingerprint density at radius 3 is 2.73 bits per heavy atom. The average Bonchev–Trinajstić information content (AvgIpc) is 2.58. The van der Waals surface area contributed by atoms with E-state index in [1.165, 1.54) is 0 Å². The van der Waals surface area contributed by atoms with Crippen molar-refractivity contribution in [1.29, 1.82) is 0 Å². The Balaban J connectivity index is 2.07. The molecule has 1 aromatic heterocycles. The summed E-state index contributed by atoms with van der Waals surface area (Å²) >= 11 is 0. The molecule has 6 nitrogen and oxygen atoms in total. The molecule has 1 fully saturated rings. The first-order valence-electron chi connectivity index (χ1n) is 4.91. The van der Waals surface area contributed by atoms with E-state index in [1.807, 2.05) is 11.9 Å². The summed E-state index contributed by atoms with van der Waals surface area (Å²) in [6, 6.07) is 0. The van der Waals surface area contributed by atoms with Crippen LogP contribution in [0.5, 0.6) is 0 Å². The molecule has 15 heavy (non-hydrogen) atoms. The van der Waals surface area contributed by atoms with Crippen LogP contribution in [0, 0.1) is 6.92 Å². The molecule has 0 aromatic carbocycles. The Hall–Kier alpha value is -1.56. The molecule has 82 valence electrons. The quantitative estimate of drug-likeness (QED) is 0.657. The molecule has 0 spiro atoms. The topological polar surface area (TPSA) is 73.5 Å². The van der Waals surface area contributed by atoms with E-state index in [0.717, 1.165) is 18.8 Å². The first-order chi connectivity index (χ1) is 7.27. The standard InChI is InChI=1S/C9H14N4O2/c1-7-8(9(14)12-11-7)6-10-13-2-4-15-5-3-13/h6H,2-5H2,1H3,(H2,11,12,14). The van der Waals surface area contributed by atoms with Crippen LogP contribution < -0.4 is 5.56 Å². The fourth-order valence-corrected chi connectivity index (χ4v) is 1.42. The lowest BCUT2D eigenvalue weighted by Gasteiger charge is -2.23. The number of nitrogens with zero attached hydrogens (tertiary/aromatic N) is 2. The van der Waals surface area contributed by atoms with Crippen molar-refractivity contribution in [3.63, 3.8) is 0 Å². The fourth-order valence-electron chi connectivity index (χ4n) is 1.42. The van der Waals surface area contributed by atoms with Crippen LogP contribution in [0.4, 0.5) is 0 Å². The second-order valence-electron chi connectivity index (χ2n) is 3.43. The fraction of sp³-hybridized carbons (Fsp3) is 0.556. The molecular weight excluding hydrogens is 196 g/mol. The predicted molar refractivity (Wildman–Crippen MR) is 56.1 cm³/mol. The number of H-pyrrole nitrogens is 2. The third-order valence-electron chi connectivity index (χ3n) is 2.35. The van der Waals surface area contributed by atoms with Crippen molar-refractivity contribution in [2.45, 2.75) is 6.92 Å². The molecule has 2 N–H and O–H groups in total. The number of rotatable bonds is 2. The largest absolute Gasteiger partial charge is 0.378 e. The third-order valence-corrected chi connectivity index (χ3v) is 2.35. The molecule has 0 radical (unpaired) electrons. The first-order valence-corrected chi connectivity index (χ1v) is 4.91. The summed E-state index contributed by atoms with van der Waals surface area (Å²) in [4.78, 5) is 11.3. The van der Waals surface area contributed by atoms with E-state index in [0.29, 0.717) is 18.8 Å². The normalized spacial score (nSPS) is 17.5. The monoisotopic (exact) mass is 210 g/mol. The number of aryl methyl sites for hydroxylation is 1. The van der Waals surface area contributed by atoms with Gasteiger partial charge in [0, 0.05) is 5.69 Å². The number of aromatic nitrogens is 2. The second-order valence-corrected chi connectivity index (χ2v) is 3.43. The van der Waals surface area contributed by atoms with Crippen LogP contribution in [0.15, 0.2) is 9.90 Å². The van der Waals surface area contributed by atoms with E-state index in [9.17, 15) is 4.79 Å². The predicted octanol–water partition coefficient (Wildman–Crippen LogP) is -0.322. The summed E-state index contributed by atoms with van der Waals surface area (Å²) < 4.78 is 5.19. The van der Waals surface area contributed by atoms with Crippen LogP contribution in [0.25, 0.3) is 0 Å². The van der Waals surface area contributed by atoms with E-state index in [1.54, 1.807) is 6.21 Å². The van der Waals surface area contributed by atoms with Gasteiger partial charge in [0.15, 0.2) is 0 Å². The molecule has 6 heteroatoms. The highest BCUT2D eigenvalue weighted by atomic mass is 16.5. The zero-order valence-electron chi connectivity index (χ0n) is 8.62. The lowest BCUT2D eigenvalue weighted by atomic mass is 10.3. The minimum Gasteiger partial charge on any atom is -0.378 e. The summed E-state index contributed by atoms with van der Waals surface area (Å²) in [7, 11) is 0. The summed E-state index contributed by atoms with van der Waals surface area (Å²) in [6.07, 6.45) is 1.59. The molecule has 2 heterocycles. The molecule has 0 unspecified atom stereocenters. The molecule has 0 atom stereocenters. The maximum absolute atomic E-state index is 11.3. The molecule has 1 aliphatic rings. The minimum atomic E-state index is -0.135. The highest BCUT2D eigenvalue weighted by Crippen LogP contribution is 1.98. The lowest BCUT2D eigenvalue weighted by Crippen LogP contribution is -2.32. The first kappa shape index (κ1) is 9.97. The van der Waals surface area contributed by atoms with Crippen LogP contribution in [0.3, 0.4) is 0 Å². The van der Waals surface area contributed by atoms with E-state index >= 15 is 0 Å². The molecule has 0 saturated carbocycles. The van der Waals surface area contributed by atoms with Crippen molar-refractivity contribution in [3.8, 4) is 0 Å². The van der Waals surface area contributed by atoms with Gasteiger partial charge in [-0.05, 0) is 6.92 Å². The SMILES string of the molecule is Cc1[nH][nH]c(=O)c1C=NN1CCOCC1. The number of nitrogens with one attached hydrogen (secondary N) is 2. The van der Waals surface area contributed by atoms with Gasteiger partial charge in [-0.2, -0.15) is 5.10 Å². The highest BCUT2D eigenvalue weighted by Gasteiger charge is 2.07. The van der Waals surface area contributed by atoms with Gasteiger partial charge >= 0.3 is 0 Å². The number of hydrogen-bond acceptors (Lipinski definition) is 4. The Kier molecular flexibility index (Phi) is 2.86. The van der Waals surface area contributed by atoms with Crippen LogP contribution >= 0.6 is 0 Å². The number of hydrogen-bond donors (Lipinski definition) is 2. The van der Waals surface area contributed by atoms with Crippen LogP contribution in [-0.4, -0.2) is 47.7 Å². The van der Waals surface area contributed by atoms with Crippen LogP contribution in [0.2, 0.25) is 0 Å². The van der Waals surface area contributed by atoms with Gasteiger partial charge in [-0.25, -0.2) is 0 Å². The average molecular weight is 210 g/mol. The van der Waals surface area contributed by atoms with Crippen molar-refractivity contribution in [2.75, 3.05) is 26.3 Å². The number of aromatic amines is 2. The Morgan fingerprint density at radius 1 is 1.40 bits per heavy atom. The molecule has 1 saturated heterocycles. The zero-order chi connectivity index (χ0) is 10.7. The van der Waals surface area contributed by atoms with Gasteiger partial charge in [-0.3, -0.25) is 14.9 Å². The van der Waals surface area contributed by atoms with Crippen molar-refractivity contribution < 1.29 is 4.74 Å². The summed E-state index contributed by atoms with van der Waals surface area (Å²) in [5.74, 6) is 0. The van der Waals surface area contributed by atoms with E-state index < -0.39 is 0 Å². The zero-order valence-corrected chi connectivity index (χ0v) is 8.62. The van der Waals surface area contributed by atoms with E-state index in [-0.39, 0.29) is 5.56 Å². The van der Waals surface area contributed by atoms with Crippen LogP contribution in [0.1, 0.15) is 11.3 Å². The molecular formula is C9H14N4O2. The molecule has 2 rings (SSSR count). The van der Waals surface area contributed by atoms with Gasteiger partial charge in [-0.15, -0.1) is 0 Å². The summed E-state index contributed by atoms with van der Waals surface area (Å²) in [6.45, 7) is 4.77. The Morgan fingerprint density at radius 2 is 2.13 bits per heavy atom. The number of morpholine rings is 1. The minimum absolute atomic E-state index is 0.135. The van der Waals surface area contributed by atoms with Crippen molar-refractivity contribution >= 4 is 6.21 Å². The van der Waals surface area contributed by atoms with Crippen molar-refractivity contribution in [1.82, 2.24) is 15.2 Å². The van der Waals surface area contributed by atoms with Gasteiger partial charge < -0.3 is 9.84 Å². The van der Waals surface area contributed by atoms with Gasteiger partial charge in [0.25, 0.3) is 5.56 Å². The maximum Gasteiger partial charge on any atom is 0.273 e. The van der Waals surface area contributed by atoms with Gasteiger partial charge in [0.2, 0.25) is 0 Å². The molecule has 1 aliphatic heterocycles. The van der Waals surface area contributed by atoms with Gasteiger partial charge in [0.1, 0.15) is 0 Å². The van der Waals surface area contributed by atoms with E-state index in [2.05, 4.69) is 15.3 Å². The Bertz CT molecular complexity index is 400. The molecule has 0 amide bonds. The van der Waals surface area contributed by atoms with Crippen molar-refractivity contribution in [2.24, 2.45) is 5.10 Å². The molecule has 1 aromatic rings. The molecule has 0 aliphatic carbocycles. The summed E-state index contributed by atoms with van der Waals surface area (Å²) in [5.41, 5.74) is 1.25. The van der Waals surface area contributed by atoms with Gasteiger partial charge in [-0.1, -0.05) is 0 Å². The number of hydrazone groups is 1. The molecule has 0 bridgehead atoms. The van der Waals surface area contributed by atoms with Gasteiger partial charge in [0.05, 0.1) is 38.1 Å². The lowest BCUT2D eigenvalue weighted by molar-refractivity contribution is 0.0397.